The Hall–Kier alpha value is -3.84. The minimum absolute atomic E-state index is 0.131. The molecule has 1 aliphatic heterocycles. The second-order valence-electron chi connectivity index (χ2n) is 8.03. The monoisotopic (exact) mass is 463 g/mol. The lowest BCUT2D eigenvalue weighted by Gasteiger charge is -2.47. The number of allylic oxidation sites excluding steroid dienone is 1. The Morgan fingerprint density at radius 3 is 2.12 bits per heavy atom. The van der Waals surface area contributed by atoms with Crippen LogP contribution in [0.4, 0.5) is 14.5 Å². The van der Waals surface area contributed by atoms with Crippen LogP contribution in [0.25, 0.3) is 5.57 Å². The molecule has 0 aliphatic carbocycles. The van der Waals surface area contributed by atoms with E-state index < -0.39 is 17.7 Å². The van der Waals surface area contributed by atoms with Gasteiger partial charge in [0.25, 0.3) is 0 Å². The summed E-state index contributed by atoms with van der Waals surface area (Å²) in [7, 11) is 0. The van der Waals surface area contributed by atoms with Crippen LogP contribution in [0.1, 0.15) is 30.5 Å². The molecule has 0 bridgehead atoms. The number of rotatable bonds is 7. The van der Waals surface area contributed by atoms with Gasteiger partial charge in [-0.15, -0.1) is 0 Å². The summed E-state index contributed by atoms with van der Waals surface area (Å²) in [6, 6.07) is 18.1. The van der Waals surface area contributed by atoms with Crippen molar-refractivity contribution >= 4 is 23.1 Å². The molecule has 2 atom stereocenters. The quantitative estimate of drug-likeness (QED) is 0.302. The second kappa shape index (κ2) is 9.97. The fourth-order valence-electron chi connectivity index (χ4n) is 4.16. The van der Waals surface area contributed by atoms with Crippen molar-refractivity contribution in [2.75, 3.05) is 11.5 Å². The SMILES string of the molecule is CC(=O)Oc1ccc(C2C(CC=C(CO)c3ccc(F)cc3)C(=O)N2c2ccc(F)cc2)cc1. The number of benzene rings is 3. The minimum Gasteiger partial charge on any atom is -0.427 e. The average Bonchev–Trinajstić information content (AvgIpc) is 2.82. The van der Waals surface area contributed by atoms with E-state index in [0.29, 0.717) is 29.0 Å². The van der Waals surface area contributed by atoms with Gasteiger partial charge in [0.1, 0.15) is 17.4 Å². The van der Waals surface area contributed by atoms with Crippen LogP contribution < -0.4 is 9.64 Å². The number of amides is 1. The molecule has 1 aliphatic rings. The summed E-state index contributed by atoms with van der Waals surface area (Å²) in [5.74, 6) is -1.36. The molecular weight excluding hydrogens is 440 g/mol. The molecule has 3 aromatic carbocycles. The van der Waals surface area contributed by atoms with Crippen molar-refractivity contribution in [2.45, 2.75) is 19.4 Å². The Bertz CT molecular complexity index is 1200. The maximum absolute atomic E-state index is 13.4. The third-order valence-corrected chi connectivity index (χ3v) is 5.81. The number of aliphatic hydroxyl groups excluding tert-OH is 1. The molecule has 0 saturated carbocycles. The number of hydrogen-bond acceptors (Lipinski definition) is 4. The summed E-state index contributed by atoms with van der Waals surface area (Å²) in [5, 5.41) is 9.83. The molecule has 5 nitrogen and oxygen atoms in total. The number of esters is 1. The molecule has 1 N–H and O–H groups in total. The van der Waals surface area contributed by atoms with Gasteiger partial charge in [0.15, 0.2) is 0 Å². The van der Waals surface area contributed by atoms with E-state index in [2.05, 4.69) is 0 Å². The number of hydrogen-bond donors (Lipinski definition) is 1. The van der Waals surface area contributed by atoms with E-state index in [9.17, 15) is 23.5 Å². The van der Waals surface area contributed by atoms with Crippen molar-refractivity contribution in [2.24, 2.45) is 5.92 Å². The van der Waals surface area contributed by atoms with Gasteiger partial charge in [0, 0.05) is 12.6 Å². The number of halogens is 2. The second-order valence-corrected chi connectivity index (χ2v) is 8.03. The fraction of sp³-hybridized carbons (Fsp3) is 0.185. The van der Waals surface area contributed by atoms with Crippen LogP contribution in [0.5, 0.6) is 5.75 Å². The lowest BCUT2D eigenvalue weighted by atomic mass is 9.79. The Morgan fingerprint density at radius 2 is 1.56 bits per heavy atom. The molecule has 1 amide bonds. The summed E-state index contributed by atoms with van der Waals surface area (Å²) >= 11 is 0. The van der Waals surface area contributed by atoms with Crippen molar-refractivity contribution < 1.29 is 28.2 Å². The van der Waals surface area contributed by atoms with Gasteiger partial charge >= 0.3 is 5.97 Å². The first kappa shape index (κ1) is 23.3. The first-order chi connectivity index (χ1) is 16.4. The van der Waals surface area contributed by atoms with E-state index >= 15 is 0 Å². The van der Waals surface area contributed by atoms with Crippen LogP contribution in [0, 0.1) is 17.6 Å². The Morgan fingerprint density at radius 1 is 0.971 bits per heavy atom. The highest BCUT2D eigenvalue weighted by Gasteiger charge is 2.48. The molecule has 0 radical (unpaired) electrons. The molecule has 0 aromatic heterocycles. The zero-order chi connectivity index (χ0) is 24.2. The first-order valence-corrected chi connectivity index (χ1v) is 10.8. The lowest BCUT2D eigenvalue weighted by Crippen LogP contribution is -2.55. The van der Waals surface area contributed by atoms with Crippen LogP contribution in [0.3, 0.4) is 0 Å². The first-order valence-electron chi connectivity index (χ1n) is 10.8. The Kier molecular flexibility index (Phi) is 6.84. The molecule has 1 fully saturated rings. The molecule has 3 aromatic rings. The molecule has 174 valence electrons. The highest BCUT2D eigenvalue weighted by Crippen LogP contribution is 2.45. The molecule has 7 heteroatoms. The molecule has 1 heterocycles. The summed E-state index contributed by atoms with van der Waals surface area (Å²) < 4.78 is 31.8. The van der Waals surface area contributed by atoms with Crippen molar-refractivity contribution in [3.8, 4) is 5.75 Å². The molecule has 2 unspecified atom stereocenters. The Labute approximate surface area is 195 Å². The number of carbonyl (C=O) groups excluding carboxylic acids is 2. The van der Waals surface area contributed by atoms with Gasteiger partial charge < -0.3 is 14.7 Å². The standard InChI is InChI=1S/C27H23F2NO4/c1-17(32)34-24-13-4-19(5-14-24)26-25(27(33)30(26)23-11-9-22(29)10-12-23)15-6-20(16-31)18-2-7-21(28)8-3-18/h2-14,25-26,31H,15-16H2,1H3. The van der Waals surface area contributed by atoms with Crippen molar-refractivity contribution in [3.63, 3.8) is 0 Å². The van der Waals surface area contributed by atoms with Gasteiger partial charge in [-0.25, -0.2) is 8.78 Å². The number of nitrogens with zero attached hydrogens (tertiary/aromatic N) is 1. The van der Waals surface area contributed by atoms with Crippen LogP contribution >= 0.6 is 0 Å². The predicted molar refractivity (Wildman–Crippen MR) is 124 cm³/mol. The van der Waals surface area contributed by atoms with Crippen LogP contribution in [-0.4, -0.2) is 23.6 Å². The topological polar surface area (TPSA) is 66.8 Å². The maximum atomic E-state index is 13.4. The van der Waals surface area contributed by atoms with E-state index in [1.165, 1.54) is 31.2 Å². The molecule has 34 heavy (non-hydrogen) atoms. The average molecular weight is 463 g/mol. The number of aliphatic hydroxyl groups is 1. The highest BCUT2D eigenvalue weighted by atomic mass is 19.1. The molecular formula is C27H23F2NO4. The number of β-lactam (4-membered cyclic amide) rings is 1. The number of carbonyl (C=O) groups is 2. The zero-order valence-corrected chi connectivity index (χ0v) is 18.4. The van der Waals surface area contributed by atoms with Gasteiger partial charge in [0.2, 0.25) is 5.91 Å². The summed E-state index contributed by atoms with van der Waals surface area (Å²) in [4.78, 5) is 26.0. The van der Waals surface area contributed by atoms with Crippen molar-refractivity contribution in [1.29, 1.82) is 0 Å². The normalized spacial score (nSPS) is 17.9. The summed E-state index contributed by atoms with van der Waals surface area (Å²) in [6.07, 6.45) is 2.14. The largest absolute Gasteiger partial charge is 0.427 e. The van der Waals surface area contributed by atoms with E-state index in [1.807, 2.05) is 0 Å². The molecule has 4 rings (SSSR count). The van der Waals surface area contributed by atoms with E-state index in [0.717, 1.165) is 5.56 Å². The molecule has 1 saturated heterocycles. The minimum atomic E-state index is -0.431. The van der Waals surface area contributed by atoms with Gasteiger partial charge in [0.05, 0.1) is 18.6 Å². The van der Waals surface area contributed by atoms with Crippen molar-refractivity contribution in [3.05, 3.63) is 102 Å². The molecule has 0 spiro atoms. The number of anilines is 1. The Balaban J connectivity index is 1.63. The zero-order valence-electron chi connectivity index (χ0n) is 18.4. The third-order valence-electron chi connectivity index (χ3n) is 5.81. The van der Waals surface area contributed by atoms with E-state index in [4.69, 9.17) is 4.74 Å². The van der Waals surface area contributed by atoms with Crippen molar-refractivity contribution in [1.82, 2.24) is 0 Å². The van der Waals surface area contributed by atoms with E-state index in [1.54, 1.807) is 59.5 Å². The predicted octanol–water partition coefficient (Wildman–Crippen LogP) is 5.06. The van der Waals surface area contributed by atoms with E-state index in [-0.39, 0.29) is 24.4 Å². The maximum Gasteiger partial charge on any atom is 0.308 e. The summed E-state index contributed by atoms with van der Waals surface area (Å²) in [5.41, 5.74) is 2.66. The lowest BCUT2D eigenvalue weighted by molar-refractivity contribution is -0.132. The highest BCUT2D eigenvalue weighted by molar-refractivity contribution is 6.03. The summed E-state index contributed by atoms with van der Waals surface area (Å²) in [6.45, 7) is 1.06. The van der Waals surface area contributed by atoms with Gasteiger partial charge in [-0.3, -0.25) is 9.59 Å². The number of ether oxygens (including phenoxy) is 1. The third kappa shape index (κ3) is 4.89. The van der Waals surface area contributed by atoms with Crippen LogP contribution in [0.15, 0.2) is 78.9 Å². The van der Waals surface area contributed by atoms with Gasteiger partial charge in [-0.2, -0.15) is 0 Å². The van der Waals surface area contributed by atoms with Crippen LogP contribution in [-0.2, 0) is 9.59 Å². The van der Waals surface area contributed by atoms with Crippen LogP contribution in [0.2, 0.25) is 0 Å². The fourth-order valence-corrected chi connectivity index (χ4v) is 4.16. The van der Waals surface area contributed by atoms with Gasteiger partial charge in [-0.05, 0) is 71.7 Å². The smallest absolute Gasteiger partial charge is 0.308 e. The van der Waals surface area contributed by atoms with Gasteiger partial charge in [-0.1, -0.05) is 30.3 Å².